The standard InChI is InChI=1S/C21H30N2O2/c1-13-6-7-16(12-18(13)25-2)21(8-9-21)20(24)23-19-14-4-3-5-15(19)11-17(22)10-14/h6-7,12,14-15,17,19H,3-5,8-11,22H2,1-2H3,(H,23,24). The van der Waals surface area contributed by atoms with Crippen molar-refractivity contribution in [3.8, 4) is 5.75 Å². The van der Waals surface area contributed by atoms with Crippen LogP contribution >= 0.6 is 0 Å². The van der Waals surface area contributed by atoms with Crippen LogP contribution in [0.2, 0.25) is 0 Å². The lowest BCUT2D eigenvalue weighted by Gasteiger charge is -2.45. The lowest BCUT2D eigenvalue weighted by Crippen LogP contribution is -2.55. The Hall–Kier alpha value is -1.55. The maximum Gasteiger partial charge on any atom is 0.230 e. The van der Waals surface area contributed by atoms with Crippen molar-refractivity contribution in [2.24, 2.45) is 17.6 Å². The second kappa shape index (κ2) is 6.31. The van der Waals surface area contributed by atoms with Gasteiger partial charge in [0.1, 0.15) is 5.75 Å². The van der Waals surface area contributed by atoms with Gasteiger partial charge in [0.15, 0.2) is 0 Å². The number of hydrogen-bond donors (Lipinski definition) is 2. The molecule has 0 aliphatic heterocycles. The fourth-order valence-electron chi connectivity index (χ4n) is 5.20. The Bertz CT molecular complexity index is 654. The number of amides is 1. The first-order valence-electron chi connectivity index (χ1n) is 9.75. The first kappa shape index (κ1) is 16.9. The molecule has 3 fully saturated rings. The highest BCUT2D eigenvalue weighted by molar-refractivity contribution is 5.91. The van der Waals surface area contributed by atoms with Gasteiger partial charge in [0.2, 0.25) is 5.91 Å². The summed E-state index contributed by atoms with van der Waals surface area (Å²) in [6.07, 6.45) is 7.70. The molecule has 136 valence electrons. The van der Waals surface area contributed by atoms with Crippen LogP contribution in [0.5, 0.6) is 5.75 Å². The molecule has 4 nitrogen and oxygen atoms in total. The summed E-state index contributed by atoms with van der Waals surface area (Å²) in [5.41, 5.74) is 8.10. The number of carbonyl (C=O) groups is 1. The van der Waals surface area contributed by atoms with E-state index < -0.39 is 0 Å². The topological polar surface area (TPSA) is 64.3 Å². The molecule has 1 aromatic carbocycles. The smallest absolute Gasteiger partial charge is 0.230 e. The lowest BCUT2D eigenvalue weighted by atomic mass is 9.67. The normalized spacial score (nSPS) is 32.8. The van der Waals surface area contributed by atoms with E-state index in [9.17, 15) is 4.79 Å². The maximum atomic E-state index is 13.2. The number of ether oxygens (including phenoxy) is 1. The van der Waals surface area contributed by atoms with Gasteiger partial charge in [-0.05, 0) is 74.5 Å². The van der Waals surface area contributed by atoms with Gasteiger partial charge in [-0.25, -0.2) is 0 Å². The number of nitrogens with two attached hydrogens (primary N) is 1. The first-order valence-corrected chi connectivity index (χ1v) is 9.75. The van der Waals surface area contributed by atoms with E-state index in [1.807, 2.05) is 6.92 Å². The Balaban J connectivity index is 1.53. The Labute approximate surface area is 150 Å². The molecule has 0 radical (unpaired) electrons. The van der Waals surface area contributed by atoms with Gasteiger partial charge in [-0.3, -0.25) is 4.79 Å². The van der Waals surface area contributed by atoms with Crippen molar-refractivity contribution in [3.05, 3.63) is 29.3 Å². The Morgan fingerprint density at radius 1 is 1.24 bits per heavy atom. The summed E-state index contributed by atoms with van der Waals surface area (Å²) in [7, 11) is 1.69. The molecule has 0 heterocycles. The highest BCUT2D eigenvalue weighted by Gasteiger charge is 2.53. The number of methoxy groups -OCH3 is 1. The fraction of sp³-hybridized carbons (Fsp3) is 0.667. The van der Waals surface area contributed by atoms with Crippen LogP contribution in [0.3, 0.4) is 0 Å². The Kier molecular flexibility index (Phi) is 4.27. The molecule has 3 aliphatic carbocycles. The predicted molar refractivity (Wildman–Crippen MR) is 98.6 cm³/mol. The summed E-state index contributed by atoms with van der Waals surface area (Å²) >= 11 is 0. The summed E-state index contributed by atoms with van der Waals surface area (Å²) in [6.45, 7) is 2.04. The van der Waals surface area contributed by atoms with E-state index in [-0.39, 0.29) is 11.3 Å². The van der Waals surface area contributed by atoms with Crippen molar-refractivity contribution in [3.63, 3.8) is 0 Å². The van der Waals surface area contributed by atoms with Crippen molar-refractivity contribution in [1.82, 2.24) is 5.32 Å². The number of carbonyl (C=O) groups excluding carboxylic acids is 1. The predicted octanol–water partition coefficient (Wildman–Crippen LogP) is 3.06. The van der Waals surface area contributed by atoms with Crippen LogP contribution in [-0.4, -0.2) is 25.1 Å². The van der Waals surface area contributed by atoms with Gasteiger partial charge < -0.3 is 15.8 Å². The largest absolute Gasteiger partial charge is 0.496 e. The van der Waals surface area contributed by atoms with E-state index in [1.165, 1.54) is 19.3 Å². The Morgan fingerprint density at radius 3 is 2.52 bits per heavy atom. The third-order valence-electron chi connectivity index (χ3n) is 6.82. The number of benzene rings is 1. The maximum absolute atomic E-state index is 13.2. The van der Waals surface area contributed by atoms with Crippen LogP contribution in [0.4, 0.5) is 0 Å². The van der Waals surface area contributed by atoms with Crippen LogP contribution in [0.15, 0.2) is 18.2 Å². The van der Waals surface area contributed by atoms with Gasteiger partial charge in [0.05, 0.1) is 12.5 Å². The molecule has 2 bridgehead atoms. The zero-order valence-corrected chi connectivity index (χ0v) is 15.4. The fourth-order valence-corrected chi connectivity index (χ4v) is 5.20. The molecule has 25 heavy (non-hydrogen) atoms. The second-order valence-corrected chi connectivity index (χ2v) is 8.45. The van der Waals surface area contributed by atoms with Crippen molar-refractivity contribution in [2.75, 3.05) is 7.11 Å². The minimum atomic E-state index is -0.338. The summed E-state index contributed by atoms with van der Waals surface area (Å²) in [4.78, 5) is 13.2. The van der Waals surface area contributed by atoms with Crippen LogP contribution in [0, 0.1) is 18.8 Å². The third kappa shape index (κ3) is 2.95. The highest BCUT2D eigenvalue weighted by atomic mass is 16.5. The minimum absolute atomic E-state index is 0.218. The summed E-state index contributed by atoms with van der Waals surface area (Å²) in [5, 5.41) is 3.46. The van der Waals surface area contributed by atoms with Crippen molar-refractivity contribution in [2.45, 2.75) is 69.4 Å². The monoisotopic (exact) mass is 342 g/mol. The van der Waals surface area contributed by atoms with E-state index in [1.54, 1.807) is 7.11 Å². The molecule has 3 saturated carbocycles. The van der Waals surface area contributed by atoms with E-state index in [0.717, 1.165) is 42.6 Å². The lowest BCUT2D eigenvalue weighted by molar-refractivity contribution is -0.126. The SMILES string of the molecule is COc1cc(C2(C(=O)NC3C4CCCC3CC(N)C4)CC2)ccc1C. The molecule has 2 unspecified atom stereocenters. The zero-order valence-electron chi connectivity index (χ0n) is 15.4. The molecule has 1 aromatic rings. The van der Waals surface area contributed by atoms with Crippen molar-refractivity contribution < 1.29 is 9.53 Å². The van der Waals surface area contributed by atoms with Gasteiger partial charge in [-0.15, -0.1) is 0 Å². The van der Waals surface area contributed by atoms with Gasteiger partial charge in [-0.2, -0.15) is 0 Å². The number of nitrogens with one attached hydrogen (secondary N) is 1. The quantitative estimate of drug-likeness (QED) is 0.884. The molecule has 4 rings (SSSR count). The molecule has 0 saturated heterocycles. The van der Waals surface area contributed by atoms with Gasteiger partial charge in [0.25, 0.3) is 0 Å². The summed E-state index contributed by atoms with van der Waals surface area (Å²) in [5.74, 6) is 2.22. The average molecular weight is 342 g/mol. The van der Waals surface area contributed by atoms with Crippen LogP contribution < -0.4 is 15.8 Å². The number of hydrogen-bond acceptors (Lipinski definition) is 3. The van der Waals surface area contributed by atoms with Gasteiger partial charge in [0, 0.05) is 12.1 Å². The first-order chi connectivity index (χ1) is 12.0. The van der Waals surface area contributed by atoms with Gasteiger partial charge >= 0.3 is 0 Å². The molecule has 3 aliphatic rings. The molecule has 3 N–H and O–H groups in total. The molecule has 1 amide bonds. The van der Waals surface area contributed by atoms with Crippen LogP contribution in [0.1, 0.15) is 56.1 Å². The zero-order chi connectivity index (χ0) is 17.6. The van der Waals surface area contributed by atoms with E-state index in [4.69, 9.17) is 10.5 Å². The highest BCUT2D eigenvalue weighted by Crippen LogP contribution is 2.50. The van der Waals surface area contributed by atoms with Crippen LogP contribution in [-0.2, 0) is 10.2 Å². The van der Waals surface area contributed by atoms with Gasteiger partial charge in [-0.1, -0.05) is 18.6 Å². The van der Waals surface area contributed by atoms with E-state index >= 15 is 0 Å². The van der Waals surface area contributed by atoms with E-state index in [0.29, 0.717) is 23.9 Å². The number of fused-ring (bicyclic) bond motifs is 2. The Morgan fingerprint density at radius 2 is 1.92 bits per heavy atom. The van der Waals surface area contributed by atoms with Crippen LogP contribution in [0.25, 0.3) is 0 Å². The number of aryl methyl sites for hydroxylation is 1. The minimum Gasteiger partial charge on any atom is -0.496 e. The molecular formula is C21H30N2O2. The molecule has 4 heteroatoms. The van der Waals surface area contributed by atoms with E-state index in [2.05, 4.69) is 23.5 Å². The van der Waals surface area contributed by atoms with Crippen molar-refractivity contribution in [1.29, 1.82) is 0 Å². The molecule has 2 atom stereocenters. The second-order valence-electron chi connectivity index (χ2n) is 8.45. The number of rotatable bonds is 4. The molecular weight excluding hydrogens is 312 g/mol. The summed E-state index contributed by atoms with van der Waals surface area (Å²) in [6, 6.07) is 6.86. The summed E-state index contributed by atoms with van der Waals surface area (Å²) < 4.78 is 5.47. The average Bonchev–Trinajstić information content (AvgIpc) is 3.38. The van der Waals surface area contributed by atoms with Crippen molar-refractivity contribution >= 4 is 5.91 Å². The molecule has 0 spiro atoms. The third-order valence-corrected chi connectivity index (χ3v) is 6.82. The molecule has 0 aromatic heterocycles.